The van der Waals surface area contributed by atoms with Crippen molar-refractivity contribution < 1.29 is 9.18 Å². The minimum Gasteiger partial charge on any atom is -0.360 e. The van der Waals surface area contributed by atoms with Gasteiger partial charge in [-0.25, -0.2) is 4.39 Å². The van der Waals surface area contributed by atoms with Gasteiger partial charge in [0.2, 0.25) is 0 Å². The first-order valence-electron chi connectivity index (χ1n) is 6.86. The third kappa shape index (κ3) is 2.85. The summed E-state index contributed by atoms with van der Waals surface area (Å²) in [7, 11) is 1.74. The molecule has 0 aliphatic rings. The summed E-state index contributed by atoms with van der Waals surface area (Å²) >= 11 is 1.44. The molecule has 0 saturated heterocycles. The summed E-state index contributed by atoms with van der Waals surface area (Å²) in [5.41, 5.74) is 1.41. The smallest absolute Gasteiger partial charge is 0.254 e. The molecule has 22 heavy (non-hydrogen) atoms. The summed E-state index contributed by atoms with van der Waals surface area (Å²) in [4.78, 5) is 17.7. The molecule has 1 amide bonds. The number of rotatable bonds is 4. The predicted molar refractivity (Wildman–Crippen MR) is 87.5 cm³/mol. The number of benzene rings is 2. The van der Waals surface area contributed by atoms with E-state index < -0.39 is 0 Å². The lowest BCUT2D eigenvalue weighted by molar-refractivity contribution is 0.0820. The standard InChI is InChI=1S/C17H15FN2OS/c1-20(17(21)12-6-3-2-4-7-12)11-22-15-10-19-14-9-5-8-13(18)16(14)15/h2-10,19H,11H2,1H3. The largest absolute Gasteiger partial charge is 0.360 e. The zero-order chi connectivity index (χ0) is 15.5. The molecule has 0 atom stereocenters. The van der Waals surface area contributed by atoms with Gasteiger partial charge >= 0.3 is 0 Å². The summed E-state index contributed by atoms with van der Waals surface area (Å²) in [5, 5.41) is 0.577. The number of aromatic nitrogens is 1. The first kappa shape index (κ1) is 14.7. The van der Waals surface area contributed by atoms with Gasteiger partial charge in [-0.15, -0.1) is 11.8 Å². The number of aromatic amines is 1. The topological polar surface area (TPSA) is 36.1 Å². The van der Waals surface area contributed by atoms with Gasteiger partial charge in [0, 0.05) is 34.6 Å². The minimum absolute atomic E-state index is 0.0478. The Bertz CT molecular complexity index is 801. The zero-order valence-corrected chi connectivity index (χ0v) is 12.9. The van der Waals surface area contributed by atoms with Crippen molar-refractivity contribution in [1.82, 2.24) is 9.88 Å². The fourth-order valence-electron chi connectivity index (χ4n) is 2.25. The van der Waals surface area contributed by atoms with E-state index >= 15 is 0 Å². The van der Waals surface area contributed by atoms with Crippen LogP contribution in [0.15, 0.2) is 59.6 Å². The van der Waals surface area contributed by atoms with Crippen molar-refractivity contribution in [3.05, 3.63) is 66.1 Å². The van der Waals surface area contributed by atoms with E-state index in [2.05, 4.69) is 4.98 Å². The summed E-state index contributed by atoms with van der Waals surface area (Å²) < 4.78 is 13.9. The third-order valence-corrected chi connectivity index (χ3v) is 4.55. The van der Waals surface area contributed by atoms with Crippen molar-refractivity contribution in [2.24, 2.45) is 0 Å². The Morgan fingerprint density at radius 1 is 1.18 bits per heavy atom. The first-order chi connectivity index (χ1) is 10.7. The van der Waals surface area contributed by atoms with E-state index in [0.717, 1.165) is 10.4 Å². The number of carbonyl (C=O) groups excluding carboxylic acids is 1. The number of H-pyrrole nitrogens is 1. The fourth-order valence-corrected chi connectivity index (χ4v) is 3.19. The Balaban J connectivity index is 1.73. The minimum atomic E-state index is -0.252. The highest BCUT2D eigenvalue weighted by molar-refractivity contribution is 7.99. The van der Waals surface area contributed by atoms with Crippen molar-refractivity contribution in [3.63, 3.8) is 0 Å². The van der Waals surface area contributed by atoms with Crippen molar-refractivity contribution >= 4 is 28.6 Å². The van der Waals surface area contributed by atoms with Crippen LogP contribution in [0.1, 0.15) is 10.4 Å². The van der Waals surface area contributed by atoms with Crippen molar-refractivity contribution in [1.29, 1.82) is 0 Å². The number of amides is 1. The molecule has 3 aromatic rings. The Hall–Kier alpha value is -2.27. The fraction of sp³-hybridized carbons (Fsp3) is 0.118. The Kier molecular flexibility index (Phi) is 4.15. The lowest BCUT2D eigenvalue weighted by Crippen LogP contribution is -2.26. The van der Waals surface area contributed by atoms with Crippen LogP contribution in [0.3, 0.4) is 0 Å². The molecule has 0 fully saturated rings. The van der Waals surface area contributed by atoms with E-state index in [1.165, 1.54) is 17.8 Å². The number of nitrogens with zero attached hydrogens (tertiary/aromatic N) is 1. The Morgan fingerprint density at radius 3 is 2.73 bits per heavy atom. The maximum atomic E-state index is 13.9. The number of hydrogen-bond donors (Lipinski definition) is 1. The van der Waals surface area contributed by atoms with Gasteiger partial charge in [-0.3, -0.25) is 4.79 Å². The lowest BCUT2D eigenvalue weighted by atomic mass is 10.2. The SMILES string of the molecule is CN(CSc1c[nH]c2cccc(F)c12)C(=O)c1ccccc1. The van der Waals surface area contributed by atoms with E-state index in [4.69, 9.17) is 0 Å². The van der Waals surface area contributed by atoms with Crippen LogP contribution in [0.4, 0.5) is 4.39 Å². The summed E-state index contributed by atoms with van der Waals surface area (Å²) in [6.45, 7) is 0. The van der Waals surface area contributed by atoms with E-state index in [1.807, 2.05) is 24.3 Å². The molecule has 112 valence electrons. The van der Waals surface area contributed by atoms with Gasteiger partial charge in [0.15, 0.2) is 0 Å². The molecular formula is C17H15FN2OS. The van der Waals surface area contributed by atoms with Crippen LogP contribution in [0.2, 0.25) is 0 Å². The third-order valence-electron chi connectivity index (χ3n) is 3.40. The molecule has 2 aromatic carbocycles. The average molecular weight is 314 g/mol. The second-order valence-electron chi connectivity index (χ2n) is 4.96. The van der Waals surface area contributed by atoms with Crippen molar-refractivity contribution in [3.8, 4) is 0 Å². The van der Waals surface area contributed by atoms with Crippen LogP contribution in [0, 0.1) is 5.82 Å². The zero-order valence-electron chi connectivity index (χ0n) is 12.0. The monoisotopic (exact) mass is 314 g/mol. The second-order valence-corrected chi connectivity index (χ2v) is 5.94. The highest BCUT2D eigenvalue weighted by Gasteiger charge is 2.13. The van der Waals surface area contributed by atoms with Crippen LogP contribution in [-0.4, -0.2) is 28.7 Å². The van der Waals surface area contributed by atoms with Gasteiger partial charge in [-0.1, -0.05) is 24.3 Å². The second kappa shape index (κ2) is 6.23. The van der Waals surface area contributed by atoms with Crippen LogP contribution in [0.25, 0.3) is 10.9 Å². The van der Waals surface area contributed by atoms with Crippen LogP contribution in [-0.2, 0) is 0 Å². The van der Waals surface area contributed by atoms with E-state index in [0.29, 0.717) is 16.8 Å². The number of halogens is 1. The number of hydrogen-bond acceptors (Lipinski definition) is 2. The van der Waals surface area contributed by atoms with Crippen molar-refractivity contribution in [2.75, 3.05) is 12.9 Å². The molecule has 0 aliphatic carbocycles. The number of fused-ring (bicyclic) bond motifs is 1. The van der Waals surface area contributed by atoms with Crippen molar-refractivity contribution in [2.45, 2.75) is 4.90 Å². The molecule has 0 radical (unpaired) electrons. The van der Waals surface area contributed by atoms with Gasteiger partial charge in [-0.2, -0.15) is 0 Å². The molecule has 1 heterocycles. The van der Waals surface area contributed by atoms with Gasteiger partial charge in [0.1, 0.15) is 5.82 Å². The average Bonchev–Trinajstić information content (AvgIpc) is 2.97. The highest BCUT2D eigenvalue weighted by atomic mass is 32.2. The van der Waals surface area contributed by atoms with Gasteiger partial charge in [0.25, 0.3) is 5.91 Å². The molecule has 1 N–H and O–H groups in total. The molecule has 0 saturated carbocycles. The normalized spacial score (nSPS) is 10.8. The van der Waals surface area contributed by atoms with E-state index in [9.17, 15) is 9.18 Å². The summed E-state index contributed by atoms with van der Waals surface area (Å²) in [6.07, 6.45) is 1.78. The van der Waals surface area contributed by atoms with Crippen LogP contribution < -0.4 is 0 Å². The van der Waals surface area contributed by atoms with Crippen LogP contribution >= 0.6 is 11.8 Å². The molecule has 3 nitrogen and oxygen atoms in total. The van der Waals surface area contributed by atoms with Crippen LogP contribution in [0.5, 0.6) is 0 Å². The number of thioether (sulfide) groups is 1. The maximum absolute atomic E-state index is 13.9. The highest BCUT2D eigenvalue weighted by Crippen LogP contribution is 2.30. The maximum Gasteiger partial charge on any atom is 0.254 e. The molecule has 1 aromatic heterocycles. The summed E-state index contributed by atoms with van der Waals surface area (Å²) in [5.74, 6) is 0.154. The predicted octanol–water partition coefficient (Wildman–Crippen LogP) is 4.13. The molecular weight excluding hydrogens is 299 g/mol. The Morgan fingerprint density at radius 2 is 1.95 bits per heavy atom. The van der Waals surface area contributed by atoms with Gasteiger partial charge < -0.3 is 9.88 Å². The number of carbonyl (C=O) groups is 1. The summed E-state index contributed by atoms with van der Waals surface area (Å²) in [6, 6.07) is 14.1. The number of nitrogens with one attached hydrogen (secondary N) is 1. The molecule has 0 bridgehead atoms. The van der Waals surface area contributed by atoms with E-state index in [1.54, 1.807) is 36.3 Å². The molecule has 3 rings (SSSR count). The molecule has 0 aliphatic heterocycles. The lowest BCUT2D eigenvalue weighted by Gasteiger charge is -2.16. The van der Waals surface area contributed by atoms with Gasteiger partial charge in [-0.05, 0) is 24.3 Å². The molecule has 0 spiro atoms. The first-order valence-corrected chi connectivity index (χ1v) is 7.84. The quantitative estimate of drug-likeness (QED) is 0.580. The van der Waals surface area contributed by atoms with E-state index in [-0.39, 0.29) is 11.7 Å². The molecule has 0 unspecified atom stereocenters. The Labute approximate surface area is 132 Å². The van der Waals surface area contributed by atoms with Gasteiger partial charge in [0.05, 0.1) is 5.88 Å². The molecule has 5 heteroatoms.